The summed E-state index contributed by atoms with van der Waals surface area (Å²) in [5, 5.41) is 0.857. The second kappa shape index (κ2) is 7.86. The van der Waals surface area contributed by atoms with Crippen LogP contribution in [0.3, 0.4) is 0 Å². The van der Waals surface area contributed by atoms with Crippen LogP contribution in [0, 0.1) is 13.8 Å². The van der Waals surface area contributed by atoms with Gasteiger partial charge in [-0.1, -0.05) is 0 Å². The van der Waals surface area contributed by atoms with Crippen molar-refractivity contribution < 1.29 is 13.0 Å². The van der Waals surface area contributed by atoms with Crippen molar-refractivity contribution in [2.24, 2.45) is 4.40 Å². The molecule has 0 N–H and O–H groups in total. The van der Waals surface area contributed by atoms with Gasteiger partial charge in [-0.15, -0.1) is 0 Å². The van der Waals surface area contributed by atoms with Crippen molar-refractivity contribution in [2.45, 2.75) is 65.1 Å². The summed E-state index contributed by atoms with van der Waals surface area (Å²) in [6.07, 6.45) is 1.49. The van der Waals surface area contributed by atoms with Crippen LogP contribution >= 0.6 is 0 Å². The molecule has 3 heterocycles. The van der Waals surface area contributed by atoms with Gasteiger partial charge in [-0.3, -0.25) is 4.40 Å². The smallest absolute Gasteiger partial charge is 0.251 e. The van der Waals surface area contributed by atoms with Crippen molar-refractivity contribution in [3.63, 3.8) is 0 Å². The molecule has 1 atom stereocenters. The molecule has 172 valence electrons. The van der Waals surface area contributed by atoms with Gasteiger partial charge in [-0.2, -0.15) is 4.40 Å². The molecule has 6 nitrogen and oxygen atoms in total. The Bertz CT molecular complexity index is 1250. The Hall–Kier alpha value is -2.42. The van der Waals surface area contributed by atoms with Crippen molar-refractivity contribution in [1.29, 1.82) is 0 Å². The molecule has 1 fully saturated rings. The normalized spacial score (nSPS) is 18.5. The number of nitrogens with zero attached hydrogens (tertiary/aromatic N) is 5. The highest BCUT2D eigenvalue weighted by Gasteiger charge is 2.35. The molecule has 9 heteroatoms. The predicted molar refractivity (Wildman–Crippen MR) is 126 cm³/mol. The largest absolute Gasteiger partial charge is 0.341 e. The number of anilines is 1. The van der Waals surface area contributed by atoms with Crippen LogP contribution in [0.2, 0.25) is 0 Å². The van der Waals surface area contributed by atoms with Crippen LogP contribution in [0.1, 0.15) is 57.4 Å². The topological polar surface area (TPSA) is 62.9 Å². The Kier molecular flexibility index (Phi) is 5.59. The highest BCUT2D eigenvalue weighted by Crippen LogP contribution is 2.33. The fourth-order valence-corrected chi connectivity index (χ4v) is 4.53. The number of piperidine rings is 1. The number of hydrogen-bond donors (Lipinski definition) is 0. The van der Waals surface area contributed by atoms with E-state index in [-0.39, 0.29) is 25.9 Å². The second-order valence-electron chi connectivity index (χ2n) is 9.58. The Morgan fingerprint density at radius 2 is 1.81 bits per heavy atom. The van der Waals surface area contributed by atoms with Crippen LogP contribution in [-0.4, -0.2) is 48.0 Å². The summed E-state index contributed by atoms with van der Waals surface area (Å²) in [6.45, 7) is 11.8. The summed E-state index contributed by atoms with van der Waals surface area (Å²) < 4.78 is 46.1. The zero-order valence-electron chi connectivity index (χ0n) is 19.4. The minimum Gasteiger partial charge on any atom is -0.341 e. The summed E-state index contributed by atoms with van der Waals surface area (Å²) in [5.41, 5.74) is 4.67. The van der Waals surface area contributed by atoms with Gasteiger partial charge < -0.3 is 4.90 Å². The fraction of sp³-hybridized carbons (Fsp3) is 0.522. The summed E-state index contributed by atoms with van der Waals surface area (Å²) >= 11 is 0. The van der Waals surface area contributed by atoms with E-state index >= 15 is 0 Å². The van der Waals surface area contributed by atoms with E-state index in [2.05, 4.69) is 4.40 Å². The quantitative estimate of drug-likeness (QED) is 0.515. The number of benzene rings is 1. The zero-order valence-corrected chi connectivity index (χ0v) is 20.2. The van der Waals surface area contributed by atoms with Gasteiger partial charge >= 0.3 is 0 Å². The third-order valence-electron chi connectivity index (χ3n) is 5.66. The average molecular weight is 462 g/mol. The predicted octanol–water partition coefficient (Wildman–Crippen LogP) is 5.01. The Labute approximate surface area is 189 Å². The summed E-state index contributed by atoms with van der Waals surface area (Å²) in [4.78, 5) is 11.6. The Morgan fingerprint density at radius 1 is 1.16 bits per heavy atom. The highest BCUT2D eigenvalue weighted by molar-refractivity contribution is 7.85. The molecular formula is C23H29F2N5OS. The first kappa shape index (κ1) is 22.8. The number of aromatic nitrogens is 3. The minimum absolute atomic E-state index is 0.201. The number of hydrogen-bond acceptors (Lipinski definition) is 4. The van der Waals surface area contributed by atoms with E-state index in [1.165, 1.54) is 0 Å². The number of fused-ring (bicyclic) bond motifs is 3. The molecular weight excluding hydrogens is 432 g/mol. The van der Waals surface area contributed by atoms with E-state index in [0.29, 0.717) is 17.2 Å². The first-order chi connectivity index (χ1) is 14.9. The van der Waals surface area contributed by atoms with Crippen molar-refractivity contribution in [2.75, 3.05) is 18.0 Å². The lowest BCUT2D eigenvalue weighted by Gasteiger charge is -2.33. The summed E-state index contributed by atoms with van der Waals surface area (Å²) in [5.74, 6) is -2.04. The van der Waals surface area contributed by atoms with Crippen LogP contribution in [0.15, 0.2) is 22.7 Å². The number of rotatable bonds is 3. The van der Waals surface area contributed by atoms with Gasteiger partial charge in [-0.05, 0) is 59.2 Å². The number of alkyl halides is 2. The lowest BCUT2D eigenvalue weighted by atomic mass is 10.0. The zero-order chi connectivity index (χ0) is 23.4. The minimum atomic E-state index is -2.64. The van der Waals surface area contributed by atoms with E-state index in [0.717, 1.165) is 27.9 Å². The van der Waals surface area contributed by atoms with Gasteiger partial charge in [0.1, 0.15) is 16.6 Å². The van der Waals surface area contributed by atoms with E-state index in [1.54, 1.807) is 0 Å². The third kappa shape index (κ3) is 4.27. The number of imidazole rings is 1. The lowest BCUT2D eigenvalue weighted by Crippen LogP contribution is -2.40. The van der Waals surface area contributed by atoms with E-state index in [1.807, 2.05) is 69.2 Å². The fourth-order valence-electron chi connectivity index (χ4n) is 3.91. The van der Waals surface area contributed by atoms with E-state index < -0.39 is 21.7 Å². The summed E-state index contributed by atoms with van der Waals surface area (Å²) in [6, 6.07) is 4.00. The van der Waals surface area contributed by atoms with Gasteiger partial charge in [0.05, 0.1) is 21.7 Å². The third-order valence-corrected chi connectivity index (χ3v) is 7.15. The van der Waals surface area contributed by atoms with Crippen molar-refractivity contribution in [3.05, 3.63) is 35.2 Å². The molecule has 1 aliphatic rings. The van der Waals surface area contributed by atoms with Gasteiger partial charge in [0.2, 0.25) is 5.95 Å². The molecule has 0 saturated carbocycles. The van der Waals surface area contributed by atoms with Crippen LogP contribution in [-0.2, 0) is 11.0 Å². The molecule has 4 rings (SSSR count). The second-order valence-corrected chi connectivity index (χ2v) is 11.5. The lowest BCUT2D eigenvalue weighted by molar-refractivity contribution is -0.0222. The molecule has 0 aliphatic carbocycles. The molecule has 0 unspecified atom stereocenters. The van der Waals surface area contributed by atoms with E-state index in [9.17, 15) is 13.0 Å². The molecule has 1 aromatic carbocycles. The highest BCUT2D eigenvalue weighted by atomic mass is 32.2. The number of halogens is 2. The molecule has 2 aromatic heterocycles. The number of aryl methyl sites for hydroxylation is 2. The maximum atomic E-state index is 13.8. The Morgan fingerprint density at radius 3 is 2.44 bits per heavy atom. The maximum Gasteiger partial charge on any atom is 0.251 e. The van der Waals surface area contributed by atoms with Crippen LogP contribution in [0.4, 0.5) is 14.7 Å². The molecule has 0 amide bonds. The van der Waals surface area contributed by atoms with Crippen molar-refractivity contribution in [3.8, 4) is 0 Å². The van der Waals surface area contributed by atoms with Crippen molar-refractivity contribution >= 4 is 39.2 Å². The molecule has 1 saturated heterocycles. The van der Waals surface area contributed by atoms with Gasteiger partial charge in [-0.25, -0.2) is 23.0 Å². The molecule has 32 heavy (non-hydrogen) atoms. The standard InChI is InChI=1S/C23H29F2N5OS/c1-14-11-17(16(3)28-32(31)22(4,5)6)19-18(12-14)20-26-15(2)13-30(20)21(27-19)29-9-7-23(24,25)8-10-29/h11-13H,7-10H2,1-6H3/t32-/m1/s1. The van der Waals surface area contributed by atoms with Gasteiger partial charge in [0, 0.05) is 43.1 Å². The van der Waals surface area contributed by atoms with Gasteiger partial charge in [0.25, 0.3) is 5.92 Å². The SMILES string of the molecule is CC(=N[S@](=O)C(C)(C)C)c1cc(C)cc2c1nc(N1CCC(F)(F)CC1)n1cc(C)nc21. The molecule has 3 aromatic rings. The Balaban J connectivity index is 1.94. The van der Waals surface area contributed by atoms with Crippen LogP contribution < -0.4 is 4.90 Å². The van der Waals surface area contributed by atoms with Gasteiger partial charge in [0.15, 0.2) is 0 Å². The monoisotopic (exact) mass is 461 g/mol. The molecule has 0 radical (unpaired) electrons. The van der Waals surface area contributed by atoms with Crippen molar-refractivity contribution in [1.82, 2.24) is 14.4 Å². The first-order valence-electron chi connectivity index (χ1n) is 10.8. The average Bonchev–Trinajstić information content (AvgIpc) is 3.08. The van der Waals surface area contributed by atoms with E-state index in [4.69, 9.17) is 9.97 Å². The van der Waals surface area contributed by atoms with Crippen LogP contribution in [0.5, 0.6) is 0 Å². The maximum absolute atomic E-state index is 13.8. The molecule has 0 spiro atoms. The van der Waals surface area contributed by atoms with Crippen LogP contribution in [0.25, 0.3) is 16.6 Å². The molecule has 0 bridgehead atoms. The molecule has 1 aliphatic heterocycles. The first-order valence-corrected chi connectivity index (χ1v) is 11.9. The summed E-state index contributed by atoms with van der Waals surface area (Å²) in [7, 11) is -1.41.